The van der Waals surface area contributed by atoms with Crippen LogP contribution in [0, 0.1) is 29.3 Å². The first kappa shape index (κ1) is 16.7. The lowest BCUT2D eigenvalue weighted by molar-refractivity contribution is 0.332. The molecule has 0 aliphatic rings. The maximum Gasteiger partial charge on any atom is 0.201 e. The summed E-state index contributed by atoms with van der Waals surface area (Å²) in [5.41, 5.74) is 0.550. The highest BCUT2D eigenvalue weighted by atomic mass is 19.2. The average molecular weight is 338 g/mol. The van der Waals surface area contributed by atoms with Crippen LogP contribution in [0.15, 0.2) is 61.2 Å². The van der Waals surface area contributed by atoms with Gasteiger partial charge in [0, 0.05) is 5.56 Å². The molecule has 3 rings (SSSR count). The summed E-state index contributed by atoms with van der Waals surface area (Å²) in [6, 6.07) is 12.3. The molecule has 0 spiro atoms. The van der Waals surface area contributed by atoms with E-state index in [1.54, 1.807) is 24.3 Å². The van der Waals surface area contributed by atoms with Gasteiger partial charge < -0.3 is 4.74 Å². The fourth-order valence-electron chi connectivity index (χ4n) is 2.32. The summed E-state index contributed by atoms with van der Waals surface area (Å²) in [5, 5.41) is 1.56. The van der Waals surface area contributed by atoms with Gasteiger partial charge in [-0.25, -0.2) is 8.78 Å². The number of fused-ring (bicyclic) bond motifs is 1. The predicted molar refractivity (Wildman–Crippen MR) is 91.9 cm³/mol. The smallest absolute Gasteiger partial charge is 0.201 e. The van der Waals surface area contributed by atoms with Gasteiger partial charge >= 0.3 is 0 Å². The van der Waals surface area contributed by atoms with Gasteiger partial charge in [-0.2, -0.15) is 4.39 Å². The molecule has 0 unspecified atom stereocenters. The molecular weight excluding hydrogens is 325 g/mol. The second kappa shape index (κ2) is 7.14. The zero-order valence-corrected chi connectivity index (χ0v) is 13.2. The Labute approximate surface area is 143 Å². The van der Waals surface area contributed by atoms with Gasteiger partial charge in [0.15, 0.2) is 11.6 Å². The SMILES string of the molecule is C=CCOc1ccc(C#Cc2ccc3cc(F)ccc3c2)c(F)c1F. The van der Waals surface area contributed by atoms with Crippen LogP contribution in [-0.2, 0) is 0 Å². The molecule has 0 atom stereocenters. The molecule has 0 heterocycles. The van der Waals surface area contributed by atoms with Crippen molar-refractivity contribution in [2.75, 3.05) is 6.61 Å². The van der Waals surface area contributed by atoms with Crippen molar-refractivity contribution in [2.45, 2.75) is 0 Å². The van der Waals surface area contributed by atoms with E-state index in [0.717, 1.165) is 10.8 Å². The van der Waals surface area contributed by atoms with Crippen LogP contribution in [-0.4, -0.2) is 6.61 Å². The summed E-state index contributed by atoms with van der Waals surface area (Å²) in [5.74, 6) is 2.76. The van der Waals surface area contributed by atoms with Gasteiger partial charge in [-0.15, -0.1) is 0 Å². The largest absolute Gasteiger partial charge is 0.486 e. The molecule has 1 nitrogen and oxygen atoms in total. The second-order valence-electron chi connectivity index (χ2n) is 5.30. The van der Waals surface area contributed by atoms with Gasteiger partial charge in [-0.05, 0) is 47.2 Å². The van der Waals surface area contributed by atoms with Crippen molar-refractivity contribution in [1.82, 2.24) is 0 Å². The highest BCUT2D eigenvalue weighted by molar-refractivity contribution is 5.83. The van der Waals surface area contributed by atoms with E-state index in [1.165, 1.54) is 30.3 Å². The minimum Gasteiger partial charge on any atom is -0.486 e. The third-order valence-electron chi connectivity index (χ3n) is 3.55. The van der Waals surface area contributed by atoms with Crippen molar-refractivity contribution >= 4 is 10.8 Å². The monoisotopic (exact) mass is 338 g/mol. The molecule has 4 heteroatoms. The molecule has 124 valence electrons. The molecule has 0 N–H and O–H groups in total. The van der Waals surface area contributed by atoms with Gasteiger partial charge in [-0.1, -0.05) is 36.6 Å². The molecule has 0 aliphatic carbocycles. The Morgan fingerprint density at radius 2 is 1.64 bits per heavy atom. The molecule has 0 aliphatic heterocycles. The average Bonchev–Trinajstić information content (AvgIpc) is 2.62. The maximum absolute atomic E-state index is 14.1. The number of halogens is 3. The molecule has 25 heavy (non-hydrogen) atoms. The van der Waals surface area contributed by atoms with Crippen molar-refractivity contribution in [3.63, 3.8) is 0 Å². The third-order valence-corrected chi connectivity index (χ3v) is 3.55. The van der Waals surface area contributed by atoms with Crippen LogP contribution in [0.1, 0.15) is 11.1 Å². The molecular formula is C21H13F3O. The maximum atomic E-state index is 14.1. The summed E-state index contributed by atoms with van der Waals surface area (Å²) in [7, 11) is 0. The Balaban J connectivity index is 1.92. The molecule has 3 aromatic carbocycles. The van der Waals surface area contributed by atoms with E-state index < -0.39 is 11.6 Å². The van der Waals surface area contributed by atoms with Crippen LogP contribution < -0.4 is 4.74 Å². The van der Waals surface area contributed by atoms with Crippen molar-refractivity contribution in [2.24, 2.45) is 0 Å². The highest BCUT2D eigenvalue weighted by Gasteiger charge is 2.13. The molecule has 0 bridgehead atoms. The van der Waals surface area contributed by atoms with Crippen molar-refractivity contribution < 1.29 is 17.9 Å². The first-order valence-corrected chi connectivity index (χ1v) is 7.51. The number of hydrogen-bond donors (Lipinski definition) is 0. The van der Waals surface area contributed by atoms with E-state index in [1.807, 2.05) is 0 Å². The Kier molecular flexibility index (Phi) is 4.76. The first-order valence-electron chi connectivity index (χ1n) is 7.51. The van der Waals surface area contributed by atoms with Crippen molar-refractivity contribution in [3.05, 3.63) is 89.8 Å². The Morgan fingerprint density at radius 1 is 0.880 bits per heavy atom. The number of benzene rings is 3. The van der Waals surface area contributed by atoms with Gasteiger partial charge in [0.2, 0.25) is 5.82 Å². The zero-order chi connectivity index (χ0) is 17.8. The van der Waals surface area contributed by atoms with Crippen molar-refractivity contribution in [3.8, 4) is 17.6 Å². The minimum absolute atomic E-state index is 0.0670. The second-order valence-corrected chi connectivity index (χ2v) is 5.30. The van der Waals surface area contributed by atoms with Gasteiger partial charge in [0.1, 0.15) is 12.4 Å². The van der Waals surface area contributed by atoms with E-state index in [9.17, 15) is 13.2 Å². The zero-order valence-electron chi connectivity index (χ0n) is 13.2. The summed E-state index contributed by atoms with van der Waals surface area (Å²) in [6.45, 7) is 3.53. The Hall–Kier alpha value is -3.19. The van der Waals surface area contributed by atoms with Gasteiger partial charge in [0.05, 0.1) is 5.56 Å². The normalized spacial score (nSPS) is 10.2. The lowest BCUT2D eigenvalue weighted by atomic mass is 10.1. The predicted octanol–water partition coefficient (Wildman–Crippen LogP) is 5.22. The Bertz CT molecular complexity index is 1010. The van der Waals surface area contributed by atoms with Gasteiger partial charge in [0.25, 0.3) is 0 Å². The molecule has 0 saturated carbocycles. The highest BCUT2D eigenvalue weighted by Crippen LogP contribution is 2.22. The topological polar surface area (TPSA) is 9.23 Å². The van der Waals surface area contributed by atoms with Crippen LogP contribution >= 0.6 is 0 Å². The van der Waals surface area contributed by atoms with E-state index in [-0.39, 0.29) is 23.7 Å². The van der Waals surface area contributed by atoms with E-state index in [0.29, 0.717) is 5.56 Å². The summed E-state index contributed by atoms with van der Waals surface area (Å²) >= 11 is 0. The number of rotatable bonds is 3. The fraction of sp³-hybridized carbons (Fsp3) is 0.0476. The molecule has 0 radical (unpaired) electrons. The third kappa shape index (κ3) is 3.67. The molecule has 3 aromatic rings. The van der Waals surface area contributed by atoms with Crippen molar-refractivity contribution in [1.29, 1.82) is 0 Å². The standard InChI is InChI=1S/C21H13F3O/c1-2-11-25-19-10-8-15(20(23)21(19)24)5-3-14-4-6-17-13-18(22)9-7-16(17)12-14/h2,4,6-10,12-13H,1,11H2. The van der Waals surface area contributed by atoms with Crippen LogP contribution in [0.3, 0.4) is 0 Å². The molecule has 0 amide bonds. The fourth-order valence-corrected chi connectivity index (χ4v) is 2.32. The van der Waals surface area contributed by atoms with Crippen LogP contribution in [0.2, 0.25) is 0 Å². The van der Waals surface area contributed by atoms with Crippen LogP contribution in [0.25, 0.3) is 10.8 Å². The first-order chi connectivity index (χ1) is 12.1. The van der Waals surface area contributed by atoms with E-state index in [2.05, 4.69) is 18.4 Å². The Morgan fingerprint density at radius 3 is 2.44 bits per heavy atom. The summed E-state index contributed by atoms with van der Waals surface area (Å²) in [4.78, 5) is 0. The summed E-state index contributed by atoms with van der Waals surface area (Å²) in [6.07, 6.45) is 1.44. The molecule has 0 aromatic heterocycles. The van der Waals surface area contributed by atoms with Crippen LogP contribution in [0.4, 0.5) is 13.2 Å². The summed E-state index contributed by atoms with van der Waals surface area (Å²) < 4.78 is 46.2. The quantitative estimate of drug-likeness (QED) is 0.470. The number of ether oxygens (including phenoxy) is 1. The molecule has 0 saturated heterocycles. The van der Waals surface area contributed by atoms with Gasteiger partial charge in [-0.3, -0.25) is 0 Å². The lowest BCUT2D eigenvalue weighted by Gasteiger charge is -2.06. The number of hydrogen-bond acceptors (Lipinski definition) is 1. The van der Waals surface area contributed by atoms with Crippen LogP contribution in [0.5, 0.6) is 5.75 Å². The van der Waals surface area contributed by atoms with E-state index >= 15 is 0 Å². The minimum atomic E-state index is -1.08. The lowest BCUT2D eigenvalue weighted by Crippen LogP contribution is -1.99. The van der Waals surface area contributed by atoms with E-state index in [4.69, 9.17) is 4.74 Å². The molecule has 0 fully saturated rings.